The Morgan fingerprint density at radius 2 is 1.33 bits per heavy atom. The molecule has 42 heavy (non-hydrogen) atoms. The van der Waals surface area contributed by atoms with E-state index in [1.807, 2.05) is 0 Å². The van der Waals surface area contributed by atoms with E-state index in [9.17, 15) is 48.5 Å². The summed E-state index contributed by atoms with van der Waals surface area (Å²) in [5, 5.41) is 2.24. The Balaban J connectivity index is 0. The van der Waals surface area contributed by atoms with Gasteiger partial charge in [0.15, 0.2) is 12.4 Å². The van der Waals surface area contributed by atoms with Gasteiger partial charge in [-0.3, -0.25) is 22.1 Å². The average molecular weight is 689 g/mol. The fourth-order valence-corrected chi connectivity index (χ4v) is 4.97. The summed E-state index contributed by atoms with van der Waals surface area (Å²) in [5.74, 6) is -1.36. The van der Waals surface area contributed by atoms with E-state index < -0.39 is 86.8 Å². The SMILES string of the molecule is CCN(CC(=O)NC[C@H]1O[C@H](OC)[C@@H](OS(=O)(=O)[O-])[C@@H](OS(=O)(=O)[O-])[C@@H]1OS(=O)(=O)[O-])C(=O)c1ccccc1.[Na+].[Na+].[Na+]. The average Bonchev–Trinajstić information content (AvgIpc) is 2.81. The molecule has 0 aromatic heterocycles. The normalized spacial score (nSPS) is 22.5. The van der Waals surface area contributed by atoms with Crippen LogP contribution in [-0.2, 0) is 58.0 Å². The summed E-state index contributed by atoms with van der Waals surface area (Å²) in [6.07, 6.45) is -11.4. The molecule has 1 aromatic rings. The van der Waals surface area contributed by atoms with Crippen molar-refractivity contribution in [2.45, 2.75) is 37.6 Å². The molecule has 0 radical (unpaired) electrons. The smallest absolute Gasteiger partial charge is 0.726 e. The fraction of sp³-hybridized carbons (Fsp3) is 0.556. The number of likely N-dealkylation sites (N-methyl/N-ethyl adjacent to an activating group) is 1. The molecule has 2 rings (SSSR count). The number of carbonyl (C=O) groups is 2. The third-order valence-corrected chi connectivity index (χ3v) is 6.41. The largest absolute Gasteiger partial charge is 1.00 e. The van der Waals surface area contributed by atoms with Crippen molar-refractivity contribution < 1.29 is 159 Å². The van der Waals surface area contributed by atoms with Crippen LogP contribution < -0.4 is 94.0 Å². The molecular weight excluding hydrogens is 665 g/mol. The number of methoxy groups -OCH3 is 1. The molecule has 18 nitrogen and oxygen atoms in total. The van der Waals surface area contributed by atoms with Gasteiger partial charge >= 0.3 is 88.7 Å². The first-order chi connectivity index (χ1) is 17.9. The summed E-state index contributed by atoms with van der Waals surface area (Å²) in [7, 11) is -16.4. The first kappa shape index (κ1) is 44.8. The molecule has 0 aliphatic carbocycles. The predicted octanol–water partition coefficient (Wildman–Crippen LogP) is -11.8. The molecule has 2 amide bonds. The van der Waals surface area contributed by atoms with E-state index in [1.165, 1.54) is 12.1 Å². The molecule has 1 aliphatic rings. The Hall–Kier alpha value is 0.690. The first-order valence-corrected chi connectivity index (χ1v) is 14.7. The molecule has 0 spiro atoms. The number of hydrogen-bond donors (Lipinski definition) is 1. The molecule has 0 unspecified atom stereocenters. The third-order valence-electron chi connectivity index (χ3n) is 5.03. The van der Waals surface area contributed by atoms with Gasteiger partial charge in [0, 0.05) is 25.8 Å². The van der Waals surface area contributed by atoms with Crippen molar-refractivity contribution in [1.82, 2.24) is 10.2 Å². The number of ether oxygens (including phenoxy) is 2. The Kier molecular flexibility index (Phi) is 20.7. The molecule has 1 heterocycles. The Morgan fingerprint density at radius 3 is 1.79 bits per heavy atom. The van der Waals surface area contributed by atoms with Gasteiger partial charge in [-0.2, -0.15) is 0 Å². The second kappa shape index (κ2) is 19.4. The zero-order chi connectivity index (χ0) is 29.6. The molecule has 1 aromatic carbocycles. The molecule has 1 aliphatic heterocycles. The number of hydrogen-bond acceptors (Lipinski definition) is 16. The number of rotatable bonds is 13. The van der Waals surface area contributed by atoms with Gasteiger partial charge in [0.1, 0.15) is 18.3 Å². The van der Waals surface area contributed by atoms with Gasteiger partial charge in [-0.05, 0) is 19.1 Å². The summed E-state index contributed by atoms with van der Waals surface area (Å²) in [5.41, 5.74) is 0.276. The Morgan fingerprint density at radius 1 is 0.857 bits per heavy atom. The van der Waals surface area contributed by atoms with E-state index in [4.69, 9.17) is 9.47 Å². The molecule has 24 heteroatoms. The maximum Gasteiger partial charge on any atom is 1.00 e. The summed E-state index contributed by atoms with van der Waals surface area (Å²) in [6.45, 7) is 0.365. The van der Waals surface area contributed by atoms with Gasteiger partial charge in [0.25, 0.3) is 5.91 Å². The van der Waals surface area contributed by atoms with E-state index in [1.54, 1.807) is 25.1 Å². The van der Waals surface area contributed by atoms with Crippen molar-refractivity contribution in [3.63, 3.8) is 0 Å². The van der Waals surface area contributed by atoms with Crippen LogP contribution in [0.5, 0.6) is 0 Å². The molecule has 1 N–H and O–H groups in total. The van der Waals surface area contributed by atoms with E-state index in [0.29, 0.717) is 0 Å². The van der Waals surface area contributed by atoms with Gasteiger partial charge in [0.05, 0.1) is 6.54 Å². The van der Waals surface area contributed by atoms with E-state index in [-0.39, 0.29) is 101 Å². The predicted molar refractivity (Wildman–Crippen MR) is 120 cm³/mol. The second-order valence-electron chi connectivity index (χ2n) is 7.68. The Labute approximate surface area is 309 Å². The van der Waals surface area contributed by atoms with Crippen molar-refractivity contribution in [1.29, 1.82) is 0 Å². The zero-order valence-corrected chi connectivity index (χ0v) is 31.5. The molecule has 1 saturated heterocycles. The van der Waals surface area contributed by atoms with Crippen LogP contribution in [0.15, 0.2) is 30.3 Å². The Bertz CT molecular complexity index is 1330. The van der Waals surface area contributed by atoms with Crippen LogP contribution >= 0.6 is 0 Å². The minimum absolute atomic E-state index is 0. The molecule has 1 fully saturated rings. The minimum Gasteiger partial charge on any atom is -0.726 e. The van der Waals surface area contributed by atoms with Crippen LogP contribution in [0.1, 0.15) is 17.3 Å². The molecule has 5 atom stereocenters. The van der Waals surface area contributed by atoms with Crippen LogP contribution in [0.4, 0.5) is 0 Å². The summed E-state index contributed by atoms with van der Waals surface area (Å²) in [6, 6.07) is 7.91. The van der Waals surface area contributed by atoms with Crippen LogP contribution in [0.3, 0.4) is 0 Å². The fourth-order valence-electron chi connectivity index (χ4n) is 3.50. The monoisotopic (exact) mass is 688 g/mol. The number of nitrogens with one attached hydrogen (secondary N) is 1. The third kappa shape index (κ3) is 15.3. The van der Waals surface area contributed by atoms with Crippen molar-refractivity contribution in [2.75, 3.05) is 26.7 Å². The number of nitrogens with zero attached hydrogens (tertiary/aromatic N) is 1. The quantitative estimate of drug-likeness (QED) is 0.114. The zero-order valence-electron chi connectivity index (χ0n) is 23.1. The first-order valence-electron chi connectivity index (χ1n) is 10.7. The van der Waals surface area contributed by atoms with Crippen molar-refractivity contribution in [3.05, 3.63) is 35.9 Å². The topological polar surface area (TPSA) is 267 Å². The number of carbonyl (C=O) groups excluding carboxylic acids is 2. The van der Waals surface area contributed by atoms with Gasteiger partial charge in [-0.1, -0.05) is 18.2 Å². The van der Waals surface area contributed by atoms with Crippen molar-refractivity contribution in [3.8, 4) is 0 Å². The maximum absolute atomic E-state index is 12.6. The molecule has 222 valence electrons. The van der Waals surface area contributed by atoms with E-state index in [2.05, 4.69) is 17.9 Å². The van der Waals surface area contributed by atoms with Crippen LogP contribution in [0.25, 0.3) is 0 Å². The summed E-state index contributed by atoms with van der Waals surface area (Å²) >= 11 is 0. The van der Waals surface area contributed by atoms with Gasteiger partial charge in [-0.15, -0.1) is 0 Å². The summed E-state index contributed by atoms with van der Waals surface area (Å²) < 4.78 is 124. The standard InChI is InChI=1S/C18H26N2O16S3.3Na/c1-3-20(17(22)11-7-5-4-6-8-11)10-13(21)19-9-12-14(34-37(23,24)25)15(35-38(26,27)28)16(18(32-2)33-12)36-39(29,30)31;;;/h4-8,12,14-16,18H,3,9-10H2,1-2H3,(H,19,21)(H,23,24,25)(H,26,27,28)(H,29,30,31);;;/q;3*+1/p-3/t12-,14-,15+,16+,18+;;;/m1.../s1. The summed E-state index contributed by atoms with van der Waals surface area (Å²) in [4.78, 5) is 26.3. The molecule has 0 saturated carbocycles. The van der Waals surface area contributed by atoms with Crippen LogP contribution in [-0.4, -0.2) is 113 Å². The molecular formula is C18H23N2Na3O16S3. The van der Waals surface area contributed by atoms with Gasteiger partial charge in [0.2, 0.25) is 37.1 Å². The molecule has 0 bridgehead atoms. The van der Waals surface area contributed by atoms with Gasteiger partial charge in [-0.25, -0.2) is 25.3 Å². The van der Waals surface area contributed by atoms with Crippen molar-refractivity contribution >= 4 is 43.0 Å². The van der Waals surface area contributed by atoms with Crippen LogP contribution in [0.2, 0.25) is 0 Å². The number of benzene rings is 1. The van der Waals surface area contributed by atoms with Gasteiger partial charge < -0.3 is 33.3 Å². The maximum atomic E-state index is 12.6. The minimum atomic E-state index is -5.79. The van der Waals surface area contributed by atoms with E-state index in [0.717, 1.165) is 12.0 Å². The second-order valence-corrected chi connectivity index (χ2v) is 10.7. The van der Waals surface area contributed by atoms with Crippen LogP contribution in [0, 0.1) is 0 Å². The number of amides is 2. The van der Waals surface area contributed by atoms with E-state index >= 15 is 0 Å². The van der Waals surface area contributed by atoms with Crippen molar-refractivity contribution in [2.24, 2.45) is 0 Å².